The Morgan fingerprint density at radius 1 is 0.929 bits per heavy atom. The van der Waals surface area contributed by atoms with Gasteiger partial charge in [-0.05, 0) is 31.5 Å². The zero-order valence-corrected chi connectivity index (χ0v) is 16.8. The highest BCUT2D eigenvalue weighted by atomic mass is 16.5. The van der Waals surface area contributed by atoms with Gasteiger partial charge in [0, 0.05) is 26.2 Å². The van der Waals surface area contributed by atoms with E-state index < -0.39 is 0 Å². The second-order valence-corrected chi connectivity index (χ2v) is 7.00. The lowest BCUT2D eigenvalue weighted by Gasteiger charge is -2.37. The molecule has 0 saturated carbocycles. The Labute approximate surface area is 165 Å². The van der Waals surface area contributed by atoms with Crippen molar-refractivity contribution in [1.29, 1.82) is 0 Å². The molecule has 1 atom stereocenters. The molecular formula is C20H29N3O5. The minimum atomic E-state index is -0.138. The van der Waals surface area contributed by atoms with Crippen LogP contribution in [0.15, 0.2) is 12.1 Å². The van der Waals surface area contributed by atoms with Gasteiger partial charge in [0.05, 0.1) is 32.9 Å². The van der Waals surface area contributed by atoms with E-state index in [-0.39, 0.29) is 17.9 Å². The zero-order chi connectivity index (χ0) is 20.1. The molecule has 2 saturated heterocycles. The molecule has 2 heterocycles. The van der Waals surface area contributed by atoms with Crippen LogP contribution in [-0.4, -0.2) is 81.7 Å². The molecule has 1 aromatic carbocycles. The van der Waals surface area contributed by atoms with E-state index in [1.165, 1.54) is 21.3 Å². The fourth-order valence-electron chi connectivity index (χ4n) is 3.85. The molecule has 0 bridgehead atoms. The number of benzene rings is 1. The maximum Gasteiger partial charge on any atom is 0.257 e. The molecule has 0 radical (unpaired) electrons. The summed E-state index contributed by atoms with van der Waals surface area (Å²) in [6.07, 6.45) is 3.10. The molecule has 1 N–H and O–H groups in total. The molecule has 0 spiro atoms. The van der Waals surface area contributed by atoms with Crippen LogP contribution in [0.1, 0.15) is 29.6 Å². The Morgan fingerprint density at radius 2 is 1.61 bits per heavy atom. The van der Waals surface area contributed by atoms with Crippen LogP contribution in [0.4, 0.5) is 0 Å². The van der Waals surface area contributed by atoms with Crippen molar-refractivity contribution in [3.8, 4) is 17.2 Å². The number of rotatable bonds is 5. The van der Waals surface area contributed by atoms with Crippen molar-refractivity contribution in [1.82, 2.24) is 15.1 Å². The van der Waals surface area contributed by atoms with Crippen LogP contribution in [0, 0.1) is 0 Å². The number of methoxy groups -OCH3 is 3. The van der Waals surface area contributed by atoms with Gasteiger partial charge in [-0.3, -0.25) is 9.59 Å². The van der Waals surface area contributed by atoms with Crippen molar-refractivity contribution < 1.29 is 23.8 Å². The van der Waals surface area contributed by atoms with Crippen molar-refractivity contribution >= 4 is 11.8 Å². The van der Waals surface area contributed by atoms with Crippen LogP contribution in [0.2, 0.25) is 0 Å². The summed E-state index contributed by atoms with van der Waals surface area (Å²) in [6, 6.07) is 3.30. The van der Waals surface area contributed by atoms with Gasteiger partial charge in [0.1, 0.15) is 0 Å². The third-order valence-corrected chi connectivity index (χ3v) is 5.42. The predicted octanol–water partition coefficient (Wildman–Crippen LogP) is 1.14. The van der Waals surface area contributed by atoms with E-state index in [1.807, 2.05) is 4.90 Å². The highest BCUT2D eigenvalue weighted by molar-refractivity contribution is 5.98. The number of nitrogens with zero attached hydrogens (tertiary/aromatic N) is 2. The minimum Gasteiger partial charge on any atom is -0.493 e. The van der Waals surface area contributed by atoms with Crippen LogP contribution in [0.25, 0.3) is 0 Å². The van der Waals surface area contributed by atoms with Crippen molar-refractivity contribution in [3.63, 3.8) is 0 Å². The number of ether oxygens (including phenoxy) is 3. The smallest absolute Gasteiger partial charge is 0.257 e. The Balaban J connectivity index is 1.67. The normalized spacial score (nSPS) is 19.9. The third kappa shape index (κ3) is 4.01. The molecule has 2 aliphatic heterocycles. The van der Waals surface area contributed by atoms with E-state index in [0.717, 1.165) is 25.8 Å². The molecule has 2 aliphatic rings. The van der Waals surface area contributed by atoms with Crippen LogP contribution in [-0.2, 0) is 4.79 Å². The van der Waals surface area contributed by atoms with Crippen molar-refractivity contribution in [3.05, 3.63) is 17.7 Å². The molecule has 1 aromatic rings. The number of hydrogen-bond acceptors (Lipinski definition) is 6. The molecule has 8 nitrogen and oxygen atoms in total. The summed E-state index contributed by atoms with van der Waals surface area (Å²) in [4.78, 5) is 29.3. The van der Waals surface area contributed by atoms with Crippen LogP contribution >= 0.6 is 0 Å². The molecular weight excluding hydrogens is 362 g/mol. The van der Waals surface area contributed by atoms with Gasteiger partial charge in [-0.25, -0.2) is 0 Å². The predicted molar refractivity (Wildman–Crippen MR) is 104 cm³/mol. The van der Waals surface area contributed by atoms with E-state index in [0.29, 0.717) is 49.0 Å². The van der Waals surface area contributed by atoms with Crippen LogP contribution in [0.5, 0.6) is 17.2 Å². The summed E-state index contributed by atoms with van der Waals surface area (Å²) in [5, 5.41) is 3.30. The summed E-state index contributed by atoms with van der Waals surface area (Å²) in [6.45, 7) is 2.97. The summed E-state index contributed by atoms with van der Waals surface area (Å²) in [5.41, 5.74) is 0.425. The second-order valence-electron chi connectivity index (χ2n) is 7.00. The number of carbonyl (C=O) groups excluding carboxylic acids is 2. The SMILES string of the molecule is COc1ccc(C(=O)N2CCN(C(=O)C3CCCCN3)CC2)c(OC)c1OC. The first kappa shape index (κ1) is 20.3. The van der Waals surface area contributed by atoms with E-state index >= 15 is 0 Å². The van der Waals surface area contributed by atoms with Crippen molar-refractivity contribution in [2.45, 2.75) is 25.3 Å². The maximum absolute atomic E-state index is 13.1. The number of piperazine rings is 1. The molecule has 2 amide bonds. The Morgan fingerprint density at radius 3 is 2.18 bits per heavy atom. The Kier molecular flexibility index (Phi) is 6.61. The van der Waals surface area contributed by atoms with Gasteiger partial charge >= 0.3 is 0 Å². The molecule has 0 aliphatic carbocycles. The second kappa shape index (κ2) is 9.14. The third-order valence-electron chi connectivity index (χ3n) is 5.42. The fourth-order valence-corrected chi connectivity index (χ4v) is 3.85. The van der Waals surface area contributed by atoms with Gasteiger partial charge in [-0.15, -0.1) is 0 Å². The monoisotopic (exact) mass is 391 g/mol. The van der Waals surface area contributed by atoms with Gasteiger partial charge in [0.25, 0.3) is 5.91 Å². The fraction of sp³-hybridized carbons (Fsp3) is 0.600. The highest BCUT2D eigenvalue weighted by Gasteiger charge is 2.31. The number of hydrogen-bond donors (Lipinski definition) is 1. The number of nitrogens with one attached hydrogen (secondary N) is 1. The summed E-state index contributed by atoms with van der Waals surface area (Å²) < 4.78 is 16.1. The first-order valence-electron chi connectivity index (χ1n) is 9.71. The molecule has 154 valence electrons. The van der Waals surface area contributed by atoms with Gasteiger partial charge in [0.15, 0.2) is 11.5 Å². The average molecular weight is 391 g/mol. The quantitative estimate of drug-likeness (QED) is 0.811. The Bertz CT molecular complexity index is 710. The van der Waals surface area contributed by atoms with Crippen LogP contribution in [0.3, 0.4) is 0 Å². The summed E-state index contributed by atoms with van der Waals surface area (Å²) in [7, 11) is 4.55. The molecule has 3 rings (SSSR count). The minimum absolute atomic E-state index is 0.0815. The Hall–Kier alpha value is -2.48. The number of carbonyl (C=O) groups is 2. The first-order valence-corrected chi connectivity index (χ1v) is 9.71. The molecule has 28 heavy (non-hydrogen) atoms. The standard InChI is InChI=1S/C20H29N3O5/c1-26-16-8-7-14(17(27-2)18(16)28-3)19(24)22-10-12-23(13-11-22)20(25)15-6-4-5-9-21-15/h7-8,15,21H,4-6,9-13H2,1-3H3. The zero-order valence-electron chi connectivity index (χ0n) is 16.8. The summed E-state index contributed by atoms with van der Waals surface area (Å²) in [5.74, 6) is 1.27. The van der Waals surface area contributed by atoms with Gasteiger partial charge < -0.3 is 29.3 Å². The van der Waals surface area contributed by atoms with Gasteiger partial charge in [-0.1, -0.05) is 6.42 Å². The van der Waals surface area contributed by atoms with E-state index in [2.05, 4.69) is 5.32 Å². The van der Waals surface area contributed by atoms with E-state index in [4.69, 9.17) is 14.2 Å². The largest absolute Gasteiger partial charge is 0.493 e. The topological polar surface area (TPSA) is 80.3 Å². The van der Waals surface area contributed by atoms with Crippen molar-refractivity contribution in [2.75, 3.05) is 54.1 Å². The maximum atomic E-state index is 13.1. The van der Waals surface area contributed by atoms with Crippen LogP contribution < -0.4 is 19.5 Å². The van der Waals surface area contributed by atoms with Crippen molar-refractivity contribution in [2.24, 2.45) is 0 Å². The first-order chi connectivity index (χ1) is 13.6. The molecule has 0 aromatic heterocycles. The average Bonchev–Trinajstić information content (AvgIpc) is 2.77. The van der Waals surface area contributed by atoms with E-state index in [1.54, 1.807) is 17.0 Å². The van der Waals surface area contributed by atoms with Gasteiger partial charge in [0.2, 0.25) is 11.7 Å². The molecule has 2 fully saturated rings. The number of piperidine rings is 1. The van der Waals surface area contributed by atoms with Gasteiger partial charge in [-0.2, -0.15) is 0 Å². The molecule has 8 heteroatoms. The lowest BCUT2D eigenvalue weighted by atomic mass is 10.0. The molecule has 1 unspecified atom stereocenters. The highest BCUT2D eigenvalue weighted by Crippen LogP contribution is 2.40. The lowest BCUT2D eigenvalue weighted by Crippen LogP contribution is -2.55. The van der Waals surface area contributed by atoms with E-state index in [9.17, 15) is 9.59 Å². The summed E-state index contributed by atoms with van der Waals surface area (Å²) >= 11 is 0. The number of amides is 2. The lowest BCUT2D eigenvalue weighted by molar-refractivity contribution is -0.135.